The molecule has 0 saturated carbocycles. The van der Waals surface area contributed by atoms with Crippen LogP contribution in [0.2, 0.25) is 6.32 Å². The van der Waals surface area contributed by atoms with E-state index < -0.39 is 7.55 Å². The number of hydrogen-bond donors (Lipinski definition) is 0. The average Bonchev–Trinajstić information content (AvgIpc) is 2.68. The van der Waals surface area contributed by atoms with Gasteiger partial charge in [-0.1, -0.05) is 93.2 Å². The fraction of sp³-hybridized carbons (Fsp3) is 0.560. The smallest absolute Gasteiger partial charge is 0.119 e. The molecule has 0 aromatic heterocycles. The molecule has 0 spiro atoms. The summed E-state index contributed by atoms with van der Waals surface area (Å²) in [7, 11) is 1.64. The minimum absolute atomic E-state index is 0.631. The summed E-state index contributed by atoms with van der Waals surface area (Å²) in [6.07, 6.45) is 23.3. The van der Waals surface area contributed by atoms with E-state index in [4.69, 9.17) is 4.74 Å². The Morgan fingerprint density at radius 2 is 1.57 bits per heavy atom. The van der Waals surface area contributed by atoms with Crippen molar-refractivity contribution in [2.45, 2.75) is 78.0 Å². The SMILES string of the molecule is BCCCCCCCCCCOc1ccc(/C=C/[PH](=C)CCC=C(C)C)cc1. The quantitative estimate of drug-likeness (QED) is 0.123. The third-order valence-corrected chi connectivity index (χ3v) is 6.50. The van der Waals surface area contributed by atoms with E-state index in [9.17, 15) is 0 Å². The predicted octanol–water partition coefficient (Wildman–Crippen LogP) is 7.21. The van der Waals surface area contributed by atoms with Crippen molar-refractivity contribution in [3.63, 3.8) is 0 Å². The third-order valence-electron chi connectivity index (χ3n) is 4.93. The van der Waals surface area contributed by atoms with Crippen molar-refractivity contribution < 1.29 is 4.74 Å². The number of allylic oxidation sites excluding steroid dienone is 2. The normalized spacial score (nSPS) is 12.2. The van der Waals surface area contributed by atoms with Gasteiger partial charge in [-0.3, -0.25) is 0 Å². The number of ether oxygens (including phenoxy) is 1. The molecule has 1 rings (SSSR count). The number of rotatable bonds is 16. The fourth-order valence-electron chi connectivity index (χ4n) is 3.12. The Morgan fingerprint density at radius 3 is 2.18 bits per heavy atom. The van der Waals surface area contributed by atoms with Gasteiger partial charge in [0.2, 0.25) is 0 Å². The molecule has 0 N–H and O–H groups in total. The van der Waals surface area contributed by atoms with Gasteiger partial charge in [0, 0.05) is 0 Å². The Hall–Kier alpha value is -1.14. The topological polar surface area (TPSA) is 9.23 Å². The van der Waals surface area contributed by atoms with Crippen molar-refractivity contribution in [1.29, 1.82) is 0 Å². The molecular formula is C25H42BOP. The van der Waals surface area contributed by atoms with Crippen molar-refractivity contribution in [3.8, 4) is 5.75 Å². The Labute approximate surface area is 176 Å². The number of hydrogen-bond acceptors (Lipinski definition) is 1. The molecule has 0 aliphatic rings. The molecule has 0 aliphatic heterocycles. The van der Waals surface area contributed by atoms with Crippen LogP contribution in [0, 0.1) is 0 Å². The van der Waals surface area contributed by atoms with Crippen LogP contribution in [0.1, 0.15) is 77.2 Å². The molecule has 3 heteroatoms. The molecule has 1 aromatic carbocycles. The zero-order chi connectivity index (χ0) is 20.5. The van der Waals surface area contributed by atoms with Crippen molar-refractivity contribution in [2.75, 3.05) is 12.8 Å². The first kappa shape index (κ1) is 24.9. The Kier molecular flexibility index (Phi) is 14.9. The highest BCUT2D eigenvalue weighted by Gasteiger charge is 1.96. The van der Waals surface area contributed by atoms with E-state index in [2.05, 4.69) is 70.2 Å². The van der Waals surface area contributed by atoms with Crippen LogP contribution in [-0.2, 0) is 0 Å². The fourth-order valence-corrected chi connectivity index (χ4v) is 4.23. The van der Waals surface area contributed by atoms with Gasteiger partial charge < -0.3 is 4.74 Å². The van der Waals surface area contributed by atoms with Gasteiger partial charge in [0.05, 0.1) is 6.61 Å². The highest BCUT2D eigenvalue weighted by Crippen LogP contribution is 2.25. The number of benzene rings is 1. The first-order valence-electron chi connectivity index (χ1n) is 11.3. The molecule has 1 aromatic rings. The van der Waals surface area contributed by atoms with Crippen LogP contribution in [0.15, 0.2) is 41.7 Å². The number of unbranched alkanes of at least 4 members (excludes halogenated alkanes) is 7. The Morgan fingerprint density at radius 1 is 0.964 bits per heavy atom. The van der Waals surface area contributed by atoms with Crippen LogP contribution in [0.4, 0.5) is 0 Å². The molecule has 0 saturated heterocycles. The van der Waals surface area contributed by atoms with Gasteiger partial charge >= 0.3 is 0 Å². The van der Waals surface area contributed by atoms with Crippen LogP contribution >= 0.6 is 7.55 Å². The van der Waals surface area contributed by atoms with E-state index in [0.717, 1.165) is 25.2 Å². The van der Waals surface area contributed by atoms with Gasteiger partial charge in [0.25, 0.3) is 0 Å². The summed E-state index contributed by atoms with van der Waals surface area (Å²) >= 11 is 0. The molecule has 0 fully saturated rings. The summed E-state index contributed by atoms with van der Waals surface area (Å²) in [6.45, 7) is 5.15. The molecule has 0 heterocycles. The van der Waals surface area contributed by atoms with Gasteiger partial charge in [-0.15, -0.1) is 7.55 Å². The molecule has 0 amide bonds. The van der Waals surface area contributed by atoms with Crippen LogP contribution < -0.4 is 4.74 Å². The monoisotopic (exact) mass is 400 g/mol. The van der Waals surface area contributed by atoms with Crippen LogP contribution in [0.5, 0.6) is 5.75 Å². The van der Waals surface area contributed by atoms with E-state index in [1.54, 1.807) is 0 Å². The first-order valence-corrected chi connectivity index (χ1v) is 13.3. The van der Waals surface area contributed by atoms with Crippen molar-refractivity contribution >= 4 is 27.8 Å². The van der Waals surface area contributed by atoms with E-state index in [1.165, 1.54) is 68.6 Å². The summed E-state index contributed by atoms with van der Waals surface area (Å²) in [6, 6.07) is 8.47. The van der Waals surface area contributed by atoms with Crippen molar-refractivity contribution in [2.24, 2.45) is 0 Å². The maximum Gasteiger partial charge on any atom is 0.119 e. The maximum absolute atomic E-state index is 5.89. The van der Waals surface area contributed by atoms with Crippen LogP contribution in [0.25, 0.3) is 6.08 Å². The maximum atomic E-state index is 5.89. The van der Waals surface area contributed by atoms with E-state index >= 15 is 0 Å². The largest absolute Gasteiger partial charge is 0.494 e. The molecule has 1 atom stereocenters. The summed E-state index contributed by atoms with van der Waals surface area (Å²) in [5, 5.41) is 0. The summed E-state index contributed by atoms with van der Waals surface area (Å²) in [4.78, 5) is 0. The second-order valence-corrected chi connectivity index (χ2v) is 10.2. The molecule has 0 radical (unpaired) electrons. The van der Waals surface area contributed by atoms with Gasteiger partial charge in [-0.25, -0.2) is 0 Å². The predicted molar refractivity (Wildman–Crippen MR) is 136 cm³/mol. The molecule has 1 unspecified atom stereocenters. The van der Waals surface area contributed by atoms with Crippen LogP contribution in [-0.4, -0.2) is 26.9 Å². The standard InChI is InChI=1S/C25H42BOP/c1-23(2)13-12-21-28(3)22-18-24-14-16-25(17-15-24)27-20-11-9-7-5-4-6-8-10-19-26/h13-18,22,28H,3-12,19-21,26H2,1-2H3/b22-18+. The minimum Gasteiger partial charge on any atom is -0.494 e. The van der Waals surface area contributed by atoms with Gasteiger partial charge in [0.15, 0.2) is 0 Å². The first-order chi connectivity index (χ1) is 13.6. The molecule has 0 aliphatic carbocycles. The lowest BCUT2D eigenvalue weighted by Gasteiger charge is -2.07. The average molecular weight is 400 g/mol. The second kappa shape index (κ2) is 16.8. The van der Waals surface area contributed by atoms with Crippen LogP contribution in [0.3, 0.4) is 0 Å². The minimum atomic E-state index is -0.631. The summed E-state index contributed by atoms with van der Waals surface area (Å²) in [5.74, 6) is 3.29. The molecule has 156 valence electrons. The van der Waals surface area contributed by atoms with Gasteiger partial charge in [-0.2, -0.15) is 0 Å². The molecule has 28 heavy (non-hydrogen) atoms. The summed E-state index contributed by atoms with van der Waals surface area (Å²) < 4.78 is 5.89. The third kappa shape index (κ3) is 13.9. The van der Waals surface area contributed by atoms with Gasteiger partial charge in [-0.05, 0) is 50.5 Å². The zero-order valence-corrected chi connectivity index (χ0v) is 19.6. The highest BCUT2D eigenvalue weighted by molar-refractivity contribution is 7.59. The highest BCUT2D eigenvalue weighted by atomic mass is 31.1. The van der Waals surface area contributed by atoms with Crippen molar-refractivity contribution in [1.82, 2.24) is 0 Å². The Balaban J connectivity index is 2.13. The van der Waals surface area contributed by atoms with Crippen molar-refractivity contribution in [3.05, 3.63) is 47.3 Å². The Bertz CT molecular complexity index is 585. The lowest BCUT2D eigenvalue weighted by atomic mass is 9.98. The second-order valence-electron chi connectivity index (χ2n) is 8.06. The van der Waals surface area contributed by atoms with E-state index in [-0.39, 0.29) is 0 Å². The molecule has 1 nitrogen and oxygen atoms in total. The summed E-state index contributed by atoms with van der Waals surface area (Å²) in [5.41, 5.74) is 2.64. The molecular weight excluding hydrogens is 358 g/mol. The van der Waals surface area contributed by atoms with Gasteiger partial charge in [0.1, 0.15) is 13.6 Å². The zero-order valence-electron chi connectivity index (χ0n) is 18.6. The molecule has 0 bridgehead atoms. The lowest BCUT2D eigenvalue weighted by Crippen LogP contribution is -1.97. The lowest BCUT2D eigenvalue weighted by molar-refractivity contribution is 0.304. The van der Waals surface area contributed by atoms with E-state index in [1.807, 2.05) is 0 Å². The van der Waals surface area contributed by atoms with E-state index in [0.29, 0.717) is 0 Å².